The Morgan fingerprint density at radius 2 is 1.88 bits per heavy atom. The van der Waals surface area contributed by atoms with Gasteiger partial charge < -0.3 is 4.42 Å². The topological polar surface area (TPSA) is 55.1 Å². The van der Waals surface area contributed by atoms with Gasteiger partial charge >= 0.3 is 0 Å². The largest absolute Gasteiger partial charge is 0.439 e. The number of nitrogens with zero attached hydrogens (tertiary/aromatic N) is 4. The third kappa shape index (κ3) is 3.93. The van der Waals surface area contributed by atoms with Crippen molar-refractivity contribution < 1.29 is 4.42 Å². The number of likely N-dealkylation sites (tertiary alicyclic amines) is 1. The number of piperidine rings is 1. The van der Waals surface area contributed by atoms with Crippen LogP contribution >= 0.6 is 0 Å². The molecule has 1 saturated heterocycles. The molecule has 1 atom stereocenters. The van der Waals surface area contributed by atoms with E-state index < -0.39 is 0 Å². The van der Waals surface area contributed by atoms with Crippen LogP contribution in [0, 0.1) is 26.7 Å². The molecule has 0 saturated carbocycles. The van der Waals surface area contributed by atoms with Crippen LogP contribution < -0.4 is 0 Å². The van der Waals surface area contributed by atoms with Gasteiger partial charge in [0.15, 0.2) is 17.1 Å². The quantitative estimate of drug-likeness (QED) is 0.712. The minimum Gasteiger partial charge on any atom is -0.439 e. The second-order valence-electron chi connectivity index (χ2n) is 7.56. The Labute approximate surface area is 154 Å². The van der Waals surface area contributed by atoms with Crippen molar-refractivity contribution >= 4 is 11.2 Å². The van der Waals surface area contributed by atoms with Crippen molar-refractivity contribution in [3.05, 3.63) is 52.8 Å². The monoisotopic (exact) mass is 350 g/mol. The van der Waals surface area contributed by atoms with Crippen molar-refractivity contribution in [3.63, 3.8) is 0 Å². The third-order valence-electron chi connectivity index (χ3n) is 5.07. The summed E-state index contributed by atoms with van der Waals surface area (Å²) in [7, 11) is 0. The number of aromatic nitrogens is 3. The van der Waals surface area contributed by atoms with Gasteiger partial charge in [0.05, 0.1) is 5.69 Å². The molecule has 0 unspecified atom stereocenters. The highest BCUT2D eigenvalue weighted by molar-refractivity contribution is 5.67. The summed E-state index contributed by atoms with van der Waals surface area (Å²) >= 11 is 0. The highest BCUT2D eigenvalue weighted by atomic mass is 16.3. The van der Waals surface area contributed by atoms with Crippen molar-refractivity contribution in [2.45, 2.75) is 46.6 Å². The Bertz CT molecular complexity index is 897. The van der Waals surface area contributed by atoms with E-state index in [0.717, 1.165) is 54.4 Å². The van der Waals surface area contributed by atoms with Gasteiger partial charge in [0, 0.05) is 31.4 Å². The molecule has 4 rings (SSSR count). The summed E-state index contributed by atoms with van der Waals surface area (Å²) in [5.41, 5.74) is 6.21. The molecule has 0 bridgehead atoms. The predicted octanol–water partition coefficient (Wildman–Crippen LogP) is 4.00. The zero-order valence-corrected chi connectivity index (χ0v) is 15.8. The van der Waals surface area contributed by atoms with E-state index in [2.05, 4.69) is 51.9 Å². The second kappa shape index (κ2) is 7.16. The molecule has 0 aromatic carbocycles. The zero-order valence-electron chi connectivity index (χ0n) is 15.8. The summed E-state index contributed by atoms with van der Waals surface area (Å²) in [6.07, 6.45) is 3.68. The van der Waals surface area contributed by atoms with E-state index in [-0.39, 0.29) is 0 Å². The number of pyridine rings is 2. The normalized spacial score (nSPS) is 18.5. The van der Waals surface area contributed by atoms with Crippen LogP contribution in [0.4, 0.5) is 0 Å². The highest BCUT2D eigenvalue weighted by Gasteiger charge is 2.21. The van der Waals surface area contributed by atoms with Crippen molar-refractivity contribution in [1.82, 2.24) is 19.9 Å². The first kappa shape index (κ1) is 17.2. The van der Waals surface area contributed by atoms with Crippen LogP contribution in [-0.2, 0) is 13.0 Å². The van der Waals surface area contributed by atoms with Gasteiger partial charge in [-0.05, 0) is 75.4 Å². The Morgan fingerprint density at radius 1 is 1.08 bits per heavy atom. The molecule has 136 valence electrons. The number of hydrogen-bond donors (Lipinski definition) is 0. The van der Waals surface area contributed by atoms with E-state index >= 15 is 0 Å². The summed E-state index contributed by atoms with van der Waals surface area (Å²) in [4.78, 5) is 16.0. The Kier molecular flexibility index (Phi) is 4.72. The van der Waals surface area contributed by atoms with Crippen LogP contribution in [0.2, 0.25) is 0 Å². The van der Waals surface area contributed by atoms with Gasteiger partial charge in [0.25, 0.3) is 0 Å². The number of rotatable bonds is 4. The molecule has 26 heavy (non-hydrogen) atoms. The predicted molar refractivity (Wildman–Crippen MR) is 102 cm³/mol. The fraction of sp³-hybridized carbons (Fsp3) is 0.476. The van der Waals surface area contributed by atoms with E-state index in [0.29, 0.717) is 11.8 Å². The number of aryl methyl sites for hydroxylation is 3. The minimum atomic E-state index is 0.672. The molecule has 1 fully saturated rings. The Morgan fingerprint density at radius 3 is 2.69 bits per heavy atom. The van der Waals surface area contributed by atoms with E-state index in [1.165, 1.54) is 18.4 Å². The standard InChI is InChI=1S/C21H26N4O/c1-14-9-18(10-15(2)22-14)11-17-5-4-8-25(12-17)13-19-6-7-20-21(24-19)23-16(3)26-20/h6-7,9-10,17H,4-5,8,11-13H2,1-3H3/t17-/m1/s1. The lowest BCUT2D eigenvalue weighted by Gasteiger charge is -2.32. The molecule has 4 heterocycles. The molecular weight excluding hydrogens is 324 g/mol. The average molecular weight is 350 g/mol. The van der Waals surface area contributed by atoms with Crippen LogP contribution in [0.15, 0.2) is 28.7 Å². The first-order chi connectivity index (χ1) is 12.5. The van der Waals surface area contributed by atoms with Gasteiger partial charge in [-0.25, -0.2) is 4.98 Å². The van der Waals surface area contributed by atoms with Crippen molar-refractivity contribution in [2.24, 2.45) is 5.92 Å². The lowest BCUT2D eigenvalue weighted by molar-refractivity contribution is 0.165. The van der Waals surface area contributed by atoms with E-state index in [9.17, 15) is 0 Å². The van der Waals surface area contributed by atoms with E-state index in [1.807, 2.05) is 13.0 Å². The van der Waals surface area contributed by atoms with Gasteiger partial charge in [-0.1, -0.05) is 0 Å². The summed E-state index contributed by atoms with van der Waals surface area (Å²) in [5, 5.41) is 0. The second-order valence-corrected chi connectivity index (χ2v) is 7.56. The van der Waals surface area contributed by atoms with E-state index in [1.54, 1.807) is 0 Å². The molecule has 0 aliphatic carbocycles. The molecule has 5 heteroatoms. The SMILES string of the molecule is Cc1cc(C[C@H]2CCCN(Cc3ccc4oc(C)nc4n3)C2)cc(C)n1. The molecule has 5 nitrogen and oxygen atoms in total. The van der Waals surface area contributed by atoms with Crippen LogP contribution in [0.25, 0.3) is 11.2 Å². The number of hydrogen-bond acceptors (Lipinski definition) is 5. The van der Waals surface area contributed by atoms with Crippen LogP contribution in [0.3, 0.4) is 0 Å². The average Bonchev–Trinajstić information content (AvgIpc) is 2.93. The van der Waals surface area contributed by atoms with Gasteiger partial charge in [-0.3, -0.25) is 9.88 Å². The summed E-state index contributed by atoms with van der Waals surface area (Å²) in [6.45, 7) is 9.17. The zero-order chi connectivity index (χ0) is 18.1. The molecule has 0 amide bonds. The van der Waals surface area contributed by atoms with Crippen molar-refractivity contribution in [3.8, 4) is 0 Å². The van der Waals surface area contributed by atoms with Crippen molar-refractivity contribution in [1.29, 1.82) is 0 Å². The lowest BCUT2D eigenvalue weighted by atomic mass is 9.91. The van der Waals surface area contributed by atoms with Gasteiger partial charge in [0.2, 0.25) is 0 Å². The van der Waals surface area contributed by atoms with Gasteiger partial charge in [0.1, 0.15) is 0 Å². The Balaban J connectivity index is 1.42. The molecule has 3 aromatic heterocycles. The first-order valence-electron chi connectivity index (χ1n) is 9.45. The maximum atomic E-state index is 5.52. The van der Waals surface area contributed by atoms with Gasteiger partial charge in [-0.2, -0.15) is 4.98 Å². The first-order valence-corrected chi connectivity index (χ1v) is 9.45. The fourth-order valence-corrected chi connectivity index (χ4v) is 4.12. The van der Waals surface area contributed by atoms with Crippen molar-refractivity contribution in [2.75, 3.05) is 13.1 Å². The Hall–Kier alpha value is -2.27. The molecule has 0 radical (unpaired) electrons. The number of fused-ring (bicyclic) bond motifs is 1. The fourth-order valence-electron chi connectivity index (χ4n) is 4.12. The van der Waals surface area contributed by atoms with Crippen LogP contribution in [-0.4, -0.2) is 32.9 Å². The minimum absolute atomic E-state index is 0.672. The summed E-state index contributed by atoms with van der Waals surface area (Å²) < 4.78 is 5.52. The third-order valence-corrected chi connectivity index (χ3v) is 5.07. The smallest absolute Gasteiger partial charge is 0.199 e. The van der Waals surface area contributed by atoms with E-state index in [4.69, 9.17) is 4.42 Å². The molecule has 1 aliphatic rings. The maximum absolute atomic E-state index is 5.52. The maximum Gasteiger partial charge on any atom is 0.199 e. The van der Waals surface area contributed by atoms with Gasteiger partial charge in [-0.15, -0.1) is 0 Å². The molecule has 1 aliphatic heterocycles. The molecule has 0 N–H and O–H groups in total. The molecular formula is C21H26N4O. The molecule has 0 spiro atoms. The highest BCUT2D eigenvalue weighted by Crippen LogP contribution is 2.23. The lowest BCUT2D eigenvalue weighted by Crippen LogP contribution is -2.36. The molecule has 3 aromatic rings. The van der Waals surface area contributed by atoms with Crippen LogP contribution in [0.1, 0.15) is 41.4 Å². The summed E-state index contributed by atoms with van der Waals surface area (Å²) in [6, 6.07) is 8.51. The summed E-state index contributed by atoms with van der Waals surface area (Å²) in [5.74, 6) is 1.37. The number of oxazole rings is 1. The van der Waals surface area contributed by atoms with Crippen LogP contribution in [0.5, 0.6) is 0 Å².